The van der Waals surface area contributed by atoms with Gasteiger partial charge in [-0.05, 0) is 66.8 Å². The van der Waals surface area contributed by atoms with Gasteiger partial charge in [-0.2, -0.15) is 0 Å². The van der Waals surface area contributed by atoms with Crippen molar-refractivity contribution >= 4 is 23.4 Å². The summed E-state index contributed by atoms with van der Waals surface area (Å²) in [5.41, 5.74) is 2.46. The number of amides is 2. The Hall–Kier alpha value is -3.45. The molecule has 0 atom stereocenters. The normalized spacial score (nSPS) is 17.9. The lowest BCUT2D eigenvalue weighted by Gasteiger charge is -2.45. The summed E-state index contributed by atoms with van der Waals surface area (Å²) < 4.78 is 6.17. The van der Waals surface area contributed by atoms with E-state index in [2.05, 4.69) is 22.1 Å². The number of fused-ring (bicyclic) bond motifs is 1. The molecule has 1 aromatic heterocycles. The molecular weight excluding hydrogens is 512 g/mol. The van der Waals surface area contributed by atoms with Crippen molar-refractivity contribution in [1.82, 2.24) is 19.8 Å². The zero-order valence-corrected chi connectivity index (χ0v) is 23.0. The lowest BCUT2D eigenvalue weighted by atomic mass is 9.73. The fourth-order valence-corrected chi connectivity index (χ4v) is 5.89. The molecule has 2 aliphatic rings. The molecule has 8 heteroatoms. The van der Waals surface area contributed by atoms with E-state index in [1.807, 2.05) is 46.2 Å². The van der Waals surface area contributed by atoms with Crippen LogP contribution in [0.4, 0.5) is 0 Å². The molecule has 0 saturated carbocycles. The summed E-state index contributed by atoms with van der Waals surface area (Å²) in [5.74, 6) is 0.905. The largest absolute Gasteiger partial charge is 0.491 e. The van der Waals surface area contributed by atoms with Gasteiger partial charge in [-0.25, -0.2) is 4.98 Å². The lowest BCUT2D eigenvalue weighted by Crippen LogP contribution is -2.50. The van der Waals surface area contributed by atoms with Crippen LogP contribution in [0.15, 0.2) is 67.1 Å². The summed E-state index contributed by atoms with van der Waals surface area (Å²) in [5, 5.41) is 0.670. The van der Waals surface area contributed by atoms with E-state index in [-0.39, 0.29) is 17.2 Å². The molecule has 3 heterocycles. The molecule has 1 spiro atoms. The minimum atomic E-state index is -0.127. The highest BCUT2D eigenvalue weighted by molar-refractivity contribution is 6.30. The molecule has 0 radical (unpaired) electrons. The standard InChI is InChI=1S/C31H35ClN4O3/c32-26-10-8-24(9-11-26)21-29(37)35-17-13-31(14-18-35)12-4-3-6-25-5-1-2-7-28(25)39-20-19-36(23-31)30(38)27-22-33-15-16-34-27/h1-2,5,7-11,15-16,22H,3-4,6,12-14,17-21,23H2. The third-order valence-electron chi connectivity index (χ3n) is 8.04. The molecule has 2 aliphatic heterocycles. The predicted molar refractivity (Wildman–Crippen MR) is 151 cm³/mol. The van der Waals surface area contributed by atoms with Crippen molar-refractivity contribution in [2.75, 3.05) is 32.8 Å². The fourth-order valence-electron chi connectivity index (χ4n) is 5.77. The third kappa shape index (κ3) is 6.95. The van der Waals surface area contributed by atoms with Crippen molar-refractivity contribution in [2.45, 2.75) is 44.9 Å². The summed E-state index contributed by atoms with van der Waals surface area (Å²) in [7, 11) is 0. The molecule has 0 unspecified atom stereocenters. The van der Waals surface area contributed by atoms with Crippen LogP contribution in [-0.4, -0.2) is 64.4 Å². The van der Waals surface area contributed by atoms with Gasteiger partial charge in [0.2, 0.25) is 5.91 Å². The number of aryl methyl sites for hydroxylation is 1. The summed E-state index contributed by atoms with van der Waals surface area (Å²) in [4.78, 5) is 38.9. The first-order chi connectivity index (χ1) is 19.0. The average Bonchev–Trinajstić information content (AvgIpc) is 2.96. The Morgan fingerprint density at radius 2 is 1.72 bits per heavy atom. The van der Waals surface area contributed by atoms with Crippen LogP contribution >= 0.6 is 11.6 Å². The number of carbonyl (C=O) groups excluding carboxylic acids is 2. The van der Waals surface area contributed by atoms with Crippen molar-refractivity contribution in [1.29, 1.82) is 0 Å². The van der Waals surface area contributed by atoms with Gasteiger partial charge in [0, 0.05) is 37.1 Å². The molecule has 1 fully saturated rings. The Bertz CT molecular complexity index is 1260. The van der Waals surface area contributed by atoms with Gasteiger partial charge in [0.05, 0.1) is 19.2 Å². The summed E-state index contributed by atoms with van der Waals surface area (Å²) in [6, 6.07) is 15.7. The van der Waals surface area contributed by atoms with Gasteiger partial charge >= 0.3 is 0 Å². The SMILES string of the molecule is O=C(Cc1ccc(Cl)cc1)N1CCC2(CCCCc3ccccc3OCCN(C(=O)c3cnccn3)C2)CC1. The second-order valence-corrected chi connectivity index (χ2v) is 11.1. The van der Waals surface area contributed by atoms with E-state index in [1.54, 1.807) is 12.4 Å². The number of halogens is 1. The molecule has 0 aliphatic carbocycles. The molecule has 2 aromatic carbocycles. The lowest BCUT2D eigenvalue weighted by molar-refractivity contribution is -0.133. The minimum absolute atomic E-state index is 0.0619. The van der Waals surface area contributed by atoms with E-state index < -0.39 is 0 Å². The maximum Gasteiger partial charge on any atom is 0.274 e. The van der Waals surface area contributed by atoms with Crippen molar-refractivity contribution in [3.63, 3.8) is 0 Å². The highest BCUT2D eigenvalue weighted by atomic mass is 35.5. The molecule has 7 nitrogen and oxygen atoms in total. The summed E-state index contributed by atoms with van der Waals surface area (Å²) in [6.45, 7) is 2.87. The van der Waals surface area contributed by atoms with Gasteiger partial charge < -0.3 is 14.5 Å². The first-order valence-electron chi connectivity index (χ1n) is 13.8. The van der Waals surface area contributed by atoms with E-state index in [4.69, 9.17) is 16.3 Å². The van der Waals surface area contributed by atoms with Gasteiger partial charge in [-0.1, -0.05) is 48.4 Å². The average molecular weight is 547 g/mol. The molecule has 204 valence electrons. The number of hydrogen-bond donors (Lipinski definition) is 0. The van der Waals surface area contributed by atoms with Crippen LogP contribution in [-0.2, 0) is 17.6 Å². The molecule has 2 amide bonds. The summed E-state index contributed by atoms with van der Waals surface area (Å²) in [6.07, 6.45) is 10.8. The molecule has 3 aromatic rings. The van der Waals surface area contributed by atoms with Crippen LogP contribution in [0, 0.1) is 5.41 Å². The first-order valence-corrected chi connectivity index (χ1v) is 14.2. The second kappa shape index (κ2) is 12.6. The van der Waals surface area contributed by atoms with Crippen LogP contribution in [0.1, 0.15) is 53.7 Å². The van der Waals surface area contributed by atoms with Crippen LogP contribution in [0.25, 0.3) is 0 Å². The molecule has 5 rings (SSSR count). The van der Waals surface area contributed by atoms with Crippen LogP contribution in [0.3, 0.4) is 0 Å². The van der Waals surface area contributed by atoms with E-state index in [0.29, 0.717) is 49.9 Å². The topological polar surface area (TPSA) is 75.6 Å². The van der Waals surface area contributed by atoms with E-state index >= 15 is 0 Å². The van der Waals surface area contributed by atoms with Crippen molar-refractivity contribution in [3.05, 3.63) is 89.0 Å². The number of nitrogens with zero attached hydrogens (tertiary/aromatic N) is 4. The van der Waals surface area contributed by atoms with Gasteiger partial charge in [-0.3, -0.25) is 14.6 Å². The third-order valence-corrected chi connectivity index (χ3v) is 8.29. The molecule has 1 saturated heterocycles. The number of para-hydroxylation sites is 1. The molecule has 39 heavy (non-hydrogen) atoms. The minimum Gasteiger partial charge on any atom is -0.491 e. The number of aromatic nitrogens is 2. The van der Waals surface area contributed by atoms with E-state index in [9.17, 15) is 9.59 Å². The number of piperidine rings is 1. The van der Waals surface area contributed by atoms with Crippen LogP contribution in [0.2, 0.25) is 5.02 Å². The summed E-state index contributed by atoms with van der Waals surface area (Å²) >= 11 is 6.01. The molecular formula is C31H35ClN4O3. The first kappa shape index (κ1) is 27.1. The zero-order chi connectivity index (χ0) is 27.1. The van der Waals surface area contributed by atoms with Gasteiger partial charge in [0.25, 0.3) is 5.91 Å². The smallest absolute Gasteiger partial charge is 0.274 e. The molecule has 0 bridgehead atoms. The maximum atomic E-state index is 13.6. The fraction of sp³-hybridized carbons (Fsp3) is 0.419. The Morgan fingerprint density at radius 3 is 2.49 bits per heavy atom. The predicted octanol–water partition coefficient (Wildman–Crippen LogP) is 5.23. The Morgan fingerprint density at radius 1 is 0.923 bits per heavy atom. The van der Waals surface area contributed by atoms with Gasteiger partial charge in [0.1, 0.15) is 18.1 Å². The van der Waals surface area contributed by atoms with E-state index in [1.165, 1.54) is 11.8 Å². The van der Waals surface area contributed by atoms with Gasteiger partial charge in [0.15, 0.2) is 0 Å². The van der Waals surface area contributed by atoms with Crippen LogP contribution in [0.5, 0.6) is 5.75 Å². The van der Waals surface area contributed by atoms with Crippen LogP contribution < -0.4 is 4.74 Å². The highest BCUT2D eigenvalue weighted by Gasteiger charge is 2.38. The maximum absolute atomic E-state index is 13.6. The number of benzene rings is 2. The zero-order valence-electron chi connectivity index (χ0n) is 22.2. The van der Waals surface area contributed by atoms with Crippen molar-refractivity contribution in [2.24, 2.45) is 5.41 Å². The Labute approximate surface area is 235 Å². The quantitative estimate of drug-likeness (QED) is 0.450. The second-order valence-electron chi connectivity index (χ2n) is 10.7. The Kier molecular flexibility index (Phi) is 8.77. The van der Waals surface area contributed by atoms with Crippen molar-refractivity contribution in [3.8, 4) is 5.75 Å². The number of rotatable bonds is 3. The Balaban J connectivity index is 1.32. The number of ether oxygens (including phenoxy) is 1. The van der Waals surface area contributed by atoms with Gasteiger partial charge in [-0.15, -0.1) is 0 Å². The highest BCUT2D eigenvalue weighted by Crippen LogP contribution is 2.39. The number of hydrogen-bond acceptors (Lipinski definition) is 5. The van der Waals surface area contributed by atoms with Crippen molar-refractivity contribution < 1.29 is 14.3 Å². The molecule has 0 N–H and O–H groups in total. The monoisotopic (exact) mass is 546 g/mol. The number of likely N-dealkylation sites (tertiary alicyclic amines) is 1. The number of carbonyl (C=O) groups is 2. The van der Waals surface area contributed by atoms with E-state index in [0.717, 1.165) is 49.8 Å².